The Morgan fingerprint density at radius 1 is 1.53 bits per heavy atom. The number of Topliss-reactive ketones (excluding diaryl/α,β-unsaturated/α-hetero) is 1. The molecule has 0 spiro atoms. The molecule has 0 N–H and O–H groups in total. The van der Waals surface area contributed by atoms with E-state index < -0.39 is 12.0 Å². The van der Waals surface area contributed by atoms with Gasteiger partial charge in [-0.25, -0.2) is 4.79 Å². The molecule has 5 heteroatoms. The summed E-state index contributed by atoms with van der Waals surface area (Å²) in [6.07, 6.45) is 0. The maximum absolute atomic E-state index is 11.7. The van der Waals surface area contributed by atoms with Crippen LogP contribution in [0.25, 0.3) is 0 Å². The molecule has 0 fully saturated rings. The van der Waals surface area contributed by atoms with E-state index in [9.17, 15) is 9.59 Å². The zero-order valence-corrected chi connectivity index (χ0v) is 11.1. The number of ketones is 1. The summed E-state index contributed by atoms with van der Waals surface area (Å²) in [7, 11) is 1.75. The molecule has 0 aromatic carbocycles. The third-order valence-electron chi connectivity index (χ3n) is 2.35. The molecule has 0 aliphatic rings. The number of likely N-dealkylation sites (N-methyl/N-ethyl adjacent to an activating group) is 1. The average Bonchev–Trinajstić information content (AvgIpc) is 2.70. The molecule has 0 amide bonds. The van der Waals surface area contributed by atoms with E-state index in [-0.39, 0.29) is 12.4 Å². The Morgan fingerprint density at radius 3 is 2.71 bits per heavy atom. The van der Waals surface area contributed by atoms with Gasteiger partial charge >= 0.3 is 5.97 Å². The lowest BCUT2D eigenvalue weighted by Gasteiger charge is -2.23. The zero-order valence-electron chi connectivity index (χ0n) is 10.3. The van der Waals surface area contributed by atoms with E-state index in [1.54, 1.807) is 30.2 Å². The molecule has 0 saturated carbocycles. The Kier molecular flexibility index (Phi) is 5.31. The summed E-state index contributed by atoms with van der Waals surface area (Å²) in [6.45, 7) is 3.99. The number of esters is 1. The highest BCUT2D eigenvalue weighted by Gasteiger charge is 2.29. The van der Waals surface area contributed by atoms with Gasteiger partial charge in [-0.05, 0) is 43.3 Å². The van der Waals surface area contributed by atoms with Crippen molar-refractivity contribution in [2.24, 2.45) is 0 Å². The SMILES string of the molecule is CCOC(=O)C(C(C)=O)N(C)Cc1ccsc1. The van der Waals surface area contributed by atoms with Gasteiger partial charge in [0.2, 0.25) is 0 Å². The predicted octanol–water partition coefficient (Wildman–Crippen LogP) is 1.70. The summed E-state index contributed by atoms with van der Waals surface area (Å²) >= 11 is 1.59. The smallest absolute Gasteiger partial charge is 0.331 e. The topological polar surface area (TPSA) is 46.6 Å². The number of nitrogens with zero attached hydrogens (tertiary/aromatic N) is 1. The van der Waals surface area contributed by atoms with Crippen molar-refractivity contribution in [2.75, 3.05) is 13.7 Å². The molecule has 1 unspecified atom stereocenters. The van der Waals surface area contributed by atoms with Crippen molar-refractivity contribution in [2.45, 2.75) is 26.4 Å². The second kappa shape index (κ2) is 6.51. The lowest BCUT2D eigenvalue weighted by molar-refractivity contribution is -0.152. The quantitative estimate of drug-likeness (QED) is 0.573. The first-order valence-corrected chi connectivity index (χ1v) is 6.39. The maximum Gasteiger partial charge on any atom is 0.331 e. The fourth-order valence-electron chi connectivity index (χ4n) is 1.64. The minimum Gasteiger partial charge on any atom is -0.464 e. The first kappa shape index (κ1) is 13.9. The van der Waals surface area contributed by atoms with Gasteiger partial charge in [-0.2, -0.15) is 11.3 Å². The van der Waals surface area contributed by atoms with Crippen LogP contribution >= 0.6 is 11.3 Å². The van der Waals surface area contributed by atoms with Gasteiger partial charge < -0.3 is 4.74 Å². The van der Waals surface area contributed by atoms with Crippen molar-refractivity contribution >= 4 is 23.1 Å². The Labute approximate surface area is 105 Å². The molecular weight excluding hydrogens is 238 g/mol. The van der Waals surface area contributed by atoms with E-state index in [1.807, 2.05) is 16.8 Å². The third-order valence-corrected chi connectivity index (χ3v) is 3.08. The number of thiophene rings is 1. The second-order valence-electron chi connectivity index (χ2n) is 3.81. The molecule has 1 aromatic rings. The fraction of sp³-hybridized carbons (Fsp3) is 0.500. The fourth-order valence-corrected chi connectivity index (χ4v) is 2.30. The largest absolute Gasteiger partial charge is 0.464 e. The molecule has 1 rings (SSSR count). The van der Waals surface area contributed by atoms with E-state index in [0.29, 0.717) is 6.54 Å². The summed E-state index contributed by atoms with van der Waals surface area (Å²) in [5, 5.41) is 3.97. The van der Waals surface area contributed by atoms with Crippen LogP contribution in [0.1, 0.15) is 19.4 Å². The van der Waals surface area contributed by atoms with Crippen LogP contribution in [0.5, 0.6) is 0 Å². The Morgan fingerprint density at radius 2 is 2.24 bits per heavy atom. The highest BCUT2D eigenvalue weighted by atomic mass is 32.1. The molecule has 94 valence electrons. The first-order valence-electron chi connectivity index (χ1n) is 5.44. The van der Waals surface area contributed by atoms with Crippen molar-refractivity contribution in [3.63, 3.8) is 0 Å². The molecule has 0 aliphatic carbocycles. The lowest BCUT2D eigenvalue weighted by atomic mass is 10.1. The standard InChI is InChI=1S/C12H17NO3S/c1-4-16-12(15)11(9(2)14)13(3)7-10-5-6-17-8-10/h5-6,8,11H,4,7H2,1-3H3. The third kappa shape index (κ3) is 3.94. The highest BCUT2D eigenvalue weighted by Crippen LogP contribution is 2.11. The monoisotopic (exact) mass is 255 g/mol. The number of carbonyl (C=O) groups excluding carboxylic acids is 2. The van der Waals surface area contributed by atoms with E-state index in [4.69, 9.17) is 4.74 Å². The number of hydrogen-bond acceptors (Lipinski definition) is 5. The summed E-state index contributed by atoms with van der Waals surface area (Å²) < 4.78 is 4.91. The average molecular weight is 255 g/mol. The van der Waals surface area contributed by atoms with Crippen molar-refractivity contribution in [1.29, 1.82) is 0 Å². The van der Waals surface area contributed by atoms with E-state index in [1.165, 1.54) is 6.92 Å². The Balaban J connectivity index is 2.70. The molecule has 0 saturated heterocycles. The number of rotatable bonds is 6. The molecule has 0 aliphatic heterocycles. The Bertz CT molecular complexity index is 375. The molecule has 1 heterocycles. The van der Waals surface area contributed by atoms with Crippen LogP contribution in [-0.2, 0) is 20.9 Å². The zero-order chi connectivity index (χ0) is 12.8. The van der Waals surface area contributed by atoms with Crippen molar-refractivity contribution in [1.82, 2.24) is 4.90 Å². The van der Waals surface area contributed by atoms with Crippen molar-refractivity contribution < 1.29 is 14.3 Å². The number of hydrogen-bond donors (Lipinski definition) is 0. The van der Waals surface area contributed by atoms with Gasteiger partial charge in [0.1, 0.15) is 0 Å². The van der Waals surface area contributed by atoms with Crippen LogP contribution in [0.4, 0.5) is 0 Å². The van der Waals surface area contributed by atoms with E-state index >= 15 is 0 Å². The van der Waals surface area contributed by atoms with E-state index in [2.05, 4.69) is 0 Å². The number of carbonyl (C=O) groups is 2. The van der Waals surface area contributed by atoms with Gasteiger partial charge in [0.05, 0.1) is 6.61 Å². The first-order chi connectivity index (χ1) is 8.06. The molecule has 0 radical (unpaired) electrons. The molecule has 1 aromatic heterocycles. The highest BCUT2D eigenvalue weighted by molar-refractivity contribution is 7.07. The van der Waals surface area contributed by atoms with Crippen LogP contribution < -0.4 is 0 Å². The maximum atomic E-state index is 11.7. The van der Waals surface area contributed by atoms with Crippen LogP contribution in [0.3, 0.4) is 0 Å². The molecule has 4 nitrogen and oxygen atoms in total. The minimum absolute atomic E-state index is 0.193. The van der Waals surface area contributed by atoms with E-state index in [0.717, 1.165) is 5.56 Å². The van der Waals surface area contributed by atoms with Gasteiger partial charge in [-0.1, -0.05) is 0 Å². The van der Waals surface area contributed by atoms with Gasteiger partial charge in [0.25, 0.3) is 0 Å². The van der Waals surface area contributed by atoms with Gasteiger partial charge in [-0.3, -0.25) is 9.69 Å². The van der Waals surface area contributed by atoms with Gasteiger partial charge in [0.15, 0.2) is 11.8 Å². The van der Waals surface area contributed by atoms with Crippen LogP contribution in [0, 0.1) is 0 Å². The van der Waals surface area contributed by atoms with Crippen LogP contribution in [0.2, 0.25) is 0 Å². The minimum atomic E-state index is -0.810. The summed E-state index contributed by atoms with van der Waals surface area (Å²) in [5.41, 5.74) is 1.09. The summed E-state index contributed by atoms with van der Waals surface area (Å²) in [5.74, 6) is -0.668. The van der Waals surface area contributed by atoms with Crippen molar-refractivity contribution in [3.8, 4) is 0 Å². The second-order valence-corrected chi connectivity index (χ2v) is 4.59. The summed E-state index contributed by atoms with van der Waals surface area (Å²) in [6, 6.07) is 1.17. The normalized spacial score (nSPS) is 12.5. The predicted molar refractivity (Wildman–Crippen MR) is 66.9 cm³/mol. The van der Waals surface area contributed by atoms with Crippen LogP contribution in [-0.4, -0.2) is 36.3 Å². The molecule has 17 heavy (non-hydrogen) atoms. The number of ether oxygens (including phenoxy) is 1. The lowest BCUT2D eigenvalue weighted by Crippen LogP contribution is -2.44. The molecule has 1 atom stereocenters. The van der Waals surface area contributed by atoms with Crippen LogP contribution in [0.15, 0.2) is 16.8 Å². The van der Waals surface area contributed by atoms with Gasteiger partial charge in [-0.15, -0.1) is 0 Å². The van der Waals surface area contributed by atoms with Crippen molar-refractivity contribution in [3.05, 3.63) is 22.4 Å². The summed E-state index contributed by atoms with van der Waals surface area (Å²) in [4.78, 5) is 24.9. The Hall–Kier alpha value is -1.20. The molecular formula is C12H17NO3S. The van der Waals surface area contributed by atoms with Gasteiger partial charge in [0, 0.05) is 6.54 Å². The molecule has 0 bridgehead atoms.